The number of rotatable bonds is 9. The monoisotopic (exact) mass is 413 g/mol. The van der Waals surface area contributed by atoms with Crippen molar-refractivity contribution in [2.45, 2.75) is 26.0 Å². The summed E-state index contributed by atoms with van der Waals surface area (Å²) in [4.78, 5) is 7.05. The zero-order valence-corrected chi connectivity index (χ0v) is 17.6. The molecule has 2 heterocycles. The molecular weight excluding hydrogens is 382 g/mol. The molecule has 5 N–H and O–H groups in total. The number of anilines is 2. The number of pyridine rings is 1. The summed E-state index contributed by atoms with van der Waals surface area (Å²) in [6.07, 6.45) is 0.661. The zero-order valence-electron chi connectivity index (χ0n) is 17.6. The predicted molar refractivity (Wildman–Crippen MR) is 120 cm³/mol. The van der Waals surface area contributed by atoms with E-state index < -0.39 is 6.10 Å². The Balaban J connectivity index is 2.00. The Morgan fingerprint density at radius 2 is 2.10 bits per heavy atom. The van der Waals surface area contributed by atoms with Gasteiger partial charge in [0.25, 0.3) is 0 Å². The maximum atomic E-state index is 9.66. The number of ether oxygens (including phenoxy) is 2. The van der Waals surface area contributed by atoms with Crippen LogP contribution in [0.5, 0.6) is 5.75 Å². The number of aromatic nitrogens is 1. The van der Waals surface area contributed by atoms with Crippen molar-refractivity contribution in [3.8, 4) is 17.0 Å². The van der Waals surface area contributed by atoms with Crippen LogP contribution in [0, 0.1) is 5.41 Å². The lowest BCUT2D eigenvalue weighted by Gasteiger charge is -2.31. The standard InChI is InChI=1S/C22H31N5O3/c1-15(2)25-22-19(13-24)21(27-6-8-29-9-7-27)11-20(26-22)16-4-3-5-18(10-16)30-14-17(28)12-23/h3-5,10-11,13,15,17,24,28H,6-9,12,14,23H2,1-2H3,(H,25,26). The van der Waals surface area contributed by atoms with E-state index in [1.807, 2.05) is 44.2 Å². The van der Waals surface area contributed by atoms with E-state index in [-0.39, 0.29) is 19.2 Å². The van der Waals surface area contributed by atoms with Crippen LogP contribution in [0.2, 0.25) is 0 Å². The summed E-state index contributed by atoms with van der Waals surface area (Å²) < 4.78 is 11.2. The highest BCUT2D eigenvalue weighted by molar-refractivity contribution is 5.94. The Morgan fingerprint density at radius 1 is 1.33 bits per heavy atom. The highest BCUT2D eigenvalue weighted by Gasteiger charge is 2.20. The van der Waals surface area contributed by atoms with E-state index in [1.165, 1.54) is 6.21 Å². The fourth-order valence-corrected chi connectivity index (χ4v) is 3.29. The molecule has 0 spiro atoms. The first-order valence-electron chi connectivity index (χ1n) is 10.3. The molecule has 30 heavy (non-hydrogen) atoms. The van der Waals surface area contributed by atoms with Gasteiger partial charge in [0.15, 0.2) is 0 Å². The third kappa shape index (κ3) is 5.47. The average molecular weight is 414 g/mol. The number of nitrogens with one attached hydrogen (secondary N) is 2. The normalized spacial score (nSPS) is 15.2. The molecule has 1 saturated heterocycles. The van der Waals surface area contributed by atoms with Gasteiger partial charge in [0.05, 0.1) is 30.2 Å². The Labute approximate surface area is 177 Å². The first kappa shape index (κ1) is 22.0. The highest BCUT2D eigenvalue weighted by Crippen LogP contribution is 2.32. The van der Waals surface area contributed by atoms with Crippen LogP contribution in [0.3, 0.4) is 0 Å². The molecule has 1 aliphatic rings. The number of benzene rings is 1. The molecule has 2 aromatic rings. The fourth-order valence-electron chi connectivity index (χ4n) is 3.29. The molecule has 1 atom stereocenters. The lowest BCUT2D eigenvalue weighted by molar-refractivity contribution is 0.114. The van der Waals surface area contributed by atoms with E-state index >= 15 is 0 Å². The second kappa shape index (κ2) is 10.4. The fraction of sp³-hybridized carbons (Fsp3) is 0.455. The van der Waals surface area contributed by atoms with Crippen LogP contribution >= 0.6 is 0 Å². The molecule has 0 bridgehead atoms. The van der Waals surface area contributed by atoms with Crippen molar-refractivity contribution in [2.24, 2.45) is 5.73 Å². The summed E-state index contributed by atoms with van der Waals surface area (Å²) in [5, 5.41) is 21.0. The van der Waals surface area contributed by atoms with Gasteiger partial charge in [0.2, 0.25) is 0 Å². The summed E-state index contributed by atoms with van der Waals surface area (Å²) >= 11 is 0. The molecule has 1 aromatic carbocycles. The van der Waals surface area contributed by atoms with Gasteiger partial charge in [-0.3, -0.25) is 0 Å². The van der Waals surface area contributed by atoms with Crippen LogP contribution in [-0.4, -0.2) is 67.9 Å². The van der Waals surface area contributed by atoms with Gasteiger partial charge in [-0.25, -0.2) is 4.98 Å². The third-order valence-electron chi connectivity index (χ3n) is 4.80. The quantitative estimate of drug-likeness (QED) is 0.465. The molecule has 3 rings (SSSR count). The van der Waals surface area contributed by atoms with Crippen LogP contribution in [0.15, 0.2) is 30.3 Å². The molecule has 1 aromatic heterocycles. The van der Waals surface area contributed by atoms with Crippen LogP contribution in [-0.2, 0) is 4.74 Å². The highest BCUT2D eigenvalue weighted by atomic mass is 16.5. The first-order chi connectivity index (χ1) is 14.5. The number of aliphatic hydroxyl groups excluding tert-OH is 1. The van der Waals surface area contributed by atoms with Crippen molar-refractivity contribution in [3.05, 3.63) is 35.9 Å². The predicted octanol–water partition coefficient (Wildman–Crippen LogP) is 2.10. The minimum Gasteiger partial charge on any atom is -0.491 e. The van der Waals surface area contributed by atoms with E-state index in [2.05, 4.69) is 10.2 Å². The number of hydrogen-bond donors (Lipinski definition) is 4. The van der Waals surface area contributed by atoms with E-state index in [0.717, 1.165) is 35.6 Å². The van der Waals surface area contributed by atoms with E-state index in [0.29, 0.717) is 24.8 Å². The number of nitrogens with zero attached hydrogens (tertiary/aromatic N) is 2. The van der Waals surface area contributed by atoms with Crippen LogP contribution < -0.4 is 20.7 Å². The SMILES string of the molecule is CC(C)Nc1nc(-c2cccc(OCC(O)CN)c2)cc(N2CCOCC2)c1C=N. The molecule has 8 nitrogen and oxygen atoms in total. The van der Waals surface area contributed by atoms with E-state index in [1.54, 1.807) is 0 Å². The summed E-state index contributed by atoms with van der Waals surface area (Å²) in [6.45, 7) is 7.25. The zero-order chi connectivity index (χ0) is 21.5. The Bertz CT molecular complexity index is 853. The summed E-state index contributed by atoms with van der Waals surface area (Å²) in [6, 6.07) is 9.81. The van der Waals surface area contributed by atoms with Gasteiger partial charge in [-0.15, -0.1) is 0 Å². The lowest BCUT2D eigenvalue weighted by atomic mass is 10.1. The summed E-state index contributed by atoms with van der Waals surface area (Å²) in [7, 11) is 0. The van der Waals surface area contributed by atoms with Gasteiger partial charge in [-0.2, -0.15) is 0 Å². The van der Waals surface area contributed by atoms with Crippen LogP contribution in [0.4, 0.5) is 11.5 Å². The van der Waals surface area contributed by atoms with Gasteiger partial charge < -0.3 is 35.9 Å². The molecule has 0 aliphatic carbocycles. The molecule has 0 amide bonds. The second-order valence-electron chi connectivity index (χ2n) is 7.56. The minimum absolute atomic E-state index is 0.138. The van der Waals surface area contributed by atoms with Gasteiger partial charge in [0.1, 0.15) is 24.3 Å². The van der Waals surface area contributed by atoms with Crippen LogP contribution in [0.25, 0.3) is 11.3 Å². The Kier molecular flexibility index (Phi) is 7.62. The van der Waals surface area contributed by atoms with Crippen molar-refractivity contribution < 1.29 is 14.6 Å². The average Bonchev–Trinajstić information content (AvgIpc) is 2.77. The third-order valence-corrected chi connectivity index (χ3v) is 4.80. The second-order valence-corrected chi connectivity index (χ2v) is 7.56. The van der Waals surface area contributed by atoms with E-state index in [9.17, 15) is 5.11 Å². The molecule has 1 unspecified atom stereocenters. The van der Waals surface area contributed by atoms with Gasteiger partial charge in [-0.05, 0) is 32.0 Å². The van der Waals surface area contributed by atoms with E-state index in [4.69, 9.17) is 25.6 Å². The molecule has 0 saturated carbocycles. The number of hydrogen-bond acceptors (Lipinski definition) is 8. The lowest BCUT2D eigenvalue weighted by Crippen LogP contribution is -2.37. The van der Waals surface area contributed by atoms with Gasteiger partial charge in [0, 0.05) is 37.5 Å². The van der Waals surface area contributed by atoms with Crippen molar-refractivity contribution in [1.82, 2.24) is 4.98 Å². The van der Waals surface area contributed by atoms with Gasteiger partial charge >= 0.3 is 0 Å². The number of morpholine rings is 1. The summed E-state index contributed by atoms with van der Waals surface area (Å²) in [5.74, 6) is 1.33. The largest absolute Gasteiger partial charge is 0.491 e. The van der Waals surface area contributed by atoms with Crippen molar-refractivity contribution in [1.29, 1.82) is 5.41 Å². The maximum Gasteiger partial charge on any atom is 0.137 e. The maximum absolute atomic E-state index is 9.66. The Hall–Kier alpha value is -2.68. The smallest absolute Gasteiger partial charge is 0.137 e. The van der Waals surface area contributed by atoms with Crippen molar-refractivity contribution in [2.75, 3.05) is 49.7 Å². The molecule has 1 aliphatic heterocycles. The molecule has 1 fully saturated rings. The van der Waals surface area contributed by atoms with Crippen molar-refractivity contribution >= 4 is 17.7 Å². The minimum atomic E-state index is -0.701. The van der Waals surface area contributed by atoms with Crippen molar-refractivity contribution in [3.63, 3.8) is 0 Å². The topological polar surface area (TPSA) is 117 Å². The number of nitrogens with two attached hydrogens (primary N) is 1. The van der Waals surface area contributed by atoms with Gasteiger partial charge in [-0.1, -0.05) is 12.1 Å². The van der Waals surface area contributed by atoms with Crippen LogP contribution in [0.1, 0.15) is 19.4 Å². The Morgan fingerprint density at radius 3 is 2.77 bits per heavy atom. The molecule has 162 valence electrons. The number of aliphatic hydroxyl groups is 1. The molecular formula is C22H31N5O3. The molecule has 0 radical (unpaired) electrons. The first-order valence-corrected chi connectivity index (χ1v) is 10.3. The summed E-state index contributed by atoms with van der Waals surface area (Å²) in [5.41, 5.74) is 8.87. The molecule has 8 heteroatoms.